The van der Waals surface area contributed by atoms with E-state index in [9.17, 15) is 9.59 Å². The van der Waals surface area contributed by atoms with E-state index in [0.29, 0.717) is 6.54 Å². The van der Waals surface area contributed by atoms with Crippen LogP contribution in [0, 0.1) is 5.41 Å². The average molecular weight is 373 g/mol. The van der Waals surface area contributed by atoms with Crippen molar-refractivity contribution >= 4 is 22.7 Å². The summed E-state index contributed by atoms with van der Waals surface area (Å²) >= 11 is 0. The highest BCUT2D eigenvalue weighted by atomic mass is 16.5. The monoisotopic (exact) mass is 372 g/mol. The van der Waals surface area contributed by atoms with E-state index in [1.165, 1.54) is 6.92 Å². The molecule has 1 heterocycles. The minimum absolute atomic E-state index is 0.0469. The third-order valence-electron chi connectivity index (χ3n) is 4.57. The number of fused-ring (bicyclic) bond motifs is 1. The third-order valence-corrected chi connectivity index (χ3v) is 4.57. The first-order valence-corrected chi connectivity index (χ1v) is 9.65. The van der Waals surface area contributed by atoms with Crippen molar-refractivity contribution in [1.82, 2.24) is 9.88 Å². The van der Waals surface area contributed by atoms with Gasteiger partial charge in [-0.3, -0.25) is 14.2 Å². The van der Waals surface area contributed by atoms with E-state index in [0.717, 1.165) is 28.6 Å². The number of aromatic nitrogens is 1. The fourth-order valence-electron chi connectivity index (χ4n) is 3.18. The maximum Gasteiger partial charge on any atom is 0.236 e. The van der Waals surface area contributed by atoms with E-state index in [2.05, 4.69) is 12.2 Å². The van der Waals surface area contributed by atoms with Crippen LogP contribution in [0.3, 0.4) is 0 Å². The van der Waals surface area contributed by atoms with Gasteiger partial charge in [0, 0.05) is 36.4 Å². The van der Waals surface area contributed by atoms with Crippen LogP contribution in [0.25, 0.3) is 10.9 Å². The highest BCUT2D eigenvalue weighted by Crippen LogP contribution is 2.34. The van der Waals surface area contributed by atoms with Crippen molar-refractivity contribution in [2.45, 2.75) is 66.9 Å². The van der Waals surface area contributed by atoms with Crippen molar-refractivity contribution < 1.29 is 14.3 Å². The normalized spacial score (nSPS) is 13.0. The van der Waals surface area contributed by atoms with Gasteiger partial charge in [0.05, 0.1) is 11.6 Å². The standard InChI is InChI=1S/C22H32N2O3/c1-8-16(12-23-15(4)25)19-13-24(21(26)22(5,6)7)20-10-9-17(11-18(19)20)27-14(2)3/h9-11,13-14,16H,8,12H2,1-7H3,(H,23,25). The molecule has 5 nitrogen and oxygen atoms in total. The molecule has 2 rings (SSSR count). The molecule has 2 aromatic rings. The number of nitrogens with one attached hydrogen (secondary N) is 1. The lowest BCUT2D eigenvalue weighted by molar-refractivity contribution is -0.119. The van der Waals surface area contributed by atoms with Gasteiger partial charge >= 0.3 is 0 Å². The lowest BCUT2D eigenvalue weighted by atomic mass is 9.95. The lowest BCUT2D eigenvalue weighted by Gasteiger charge is -2.18. The highest BCUT2D eigenvalue weighted by Gasteiger charge is 2.27. The Morgan fingerprint density at radius 3 is 2.41 bits per heavy atom. The number of carbonyl (C=O) groups excluding carboxylic acids is 2. The molecule has 1 aromatic carbocycles. The Kier molecular flexibility index (Phi) is 6.34. The summed E-state index contributed by atoms with van der Waals surface area (Å²) < 4.78 is 7.61. The van der Waals surface area contributed by atoms with Gasteiger partial charge in [-0.15, -0.1) is 0 Å². The van der Waals surface area contributed by atoms with Crippen LogP contribution in [0.4, 0.5) is 0 Å². The van der Waals surface area contributed by atoms with Gasteiger partial charge in [0.25, 0.3) is 0 Å². The first kappa shape index (κ1) is 21.0. The van der Waals surface area contributed by atoms with E-state index < -0.39 is 5.41 Å². The number of nitrogens with zero attached hydrogens (tertiary/aromatic N) is 1. The fraction of sp³-hybridized carbons (Fsp3) is 0.545. The summed E-state index contributed by atoms with van der Waals surface area (Å²) in [6.45, 7) is 13.9. The largest absolute Gasteiger partial charge is 0.491 e. The van der Waals surface area contributed by atoms with Crippen LogP contribution in [0.1, 0.15) is 71.2 Å². The summed E-state index contributed by atoms with van der Waals surface area (Å²) in [5, 5.41) is 3.91. The number of hydrogen-bond acceptors (Lipinski definition) is 3. The Morgan fingerprint density at radius 1 is 1.22 bits per heavy atom. The second-order valence-electron chi connectivity index (χ2n) is 8.40. The van der Waals surface area contributed by atoms with E-state index in [1.54, 1.807) is 4.57 Å². The minimum atomic E-state index is -0.490. The number of rotatable bonds is 6. The van der Waals surface area contributed by atoms with Gasteiger partial charge in [-0.05, 0) is 44.0 Å². The molecule has 1 atom stereocenters. The van der Waals surface area contributed by atoms with E-state index in [1.807, 2.05) is 59.0 Å². The molecule has 0 saturated heterocycles. The molecule has 0 saturated carbocycles. The zero-order chi connectivity index (χ0) is 20.4. The molecule has 1 unspecified atom stereocenters. The molecule has 1 aromatic heterocycles. The number of carbonyl (C=O) groups is 2. The molecule has 148 valence electrons. The van der Waals surface area contributed by atoms with E-state index >= 15 is 0 Å². The van der Waals surface area contributed by atoms with Crippen LogP contribution < -0.4 is 10.1 Å². The first-order chi connectivity index (χ1) is 12.5. The first-order valence-electron chi connectivity index (χ1n) is 9.65. The minimum Gasteiger partial charge on any atom is -0.491 e. The van der Waals surface area contributed by atoms with Crippen LogP contribution >= 0.6 is 0 Å². The summed E-state index contributed by atoms with van der Waals surface area (Å²) in [4.78, 5) is 24.4. The number of hydrogen-bond donors (Lipinski definition) is 1. The lowest BCUT2D eigenvalue weighted by Crippen LogP contribution is -2.27. The molecule has 0 bridgehead atoms. The van der Waals surface area contributed by atoms with Gasteiger partial charge in [0.1, 0.15) is 5.75 Å². The van der Waals surface area contributed by atoms with Gasteiger partial charge in [-0.25, -0.2) is 0 Å². The predicted octanol–water partition coefficient (Wildman–Crippen LogP) is 4.74. The third kappa shape index (κ3) is 4.90. The second-order valence-corrected chi connectivity index (χ2v) is 8.40. The van der Waals surface area contributed by atoms with E-state index in [-0.39, 0.29) is 23.8 Å². The summed E-state index contributed by atoms with van der Waals surface area (Å²) in [7, 11) is 0. The molecule has 27 heavy (non-hydrogen) atoms. The van der Waals surface area contributed by atoms with Gasteiger partial charge in [-0.2, -0.15) is 0 Å². The second kappa shape index (κ2) is 8.15. The molecular formula is C22H32N2O3. The zero-order valence-corrected chi connectivity index (χ0v) is 17.6. The van der Waals surface area contributed by atoms with Gasteiger partial charge in [0.2, 0.25) is 11.8 Å². The maximum atomic E-state index is 13.0. The molecule has 0 aliphatic carbocycles. The molecule has 5 heteroatoms. The Bertz CT molecular complexity index is 828. The smallest absolute Gasteiger partial charge is 0.236 e. The molecule has 0 aliphatic rings. The van der Waals surface area contributed by atoms with Gasteiger partial charge < -0.3 is 10.1 Å². The maximum absolute atomic E-state index is 13.0. The van der Waals surface area contributed by atoms with Crippen molar-refractivity contribution in [3.8, 4) is 5.75 Å². The topological polar surface area (TPSA) is 60.3 Å². The SMILES string of the molecule is CCC(CNC(C)=O)c1cn(C(=O)C(C)(C)C)c2ccc(OC(C)C)cc12. The molecule has 0 radical (unpaired) electrons. The van der Waals surface area contributed by atoms with Crippen molar-refractivity contribution in [2.24, 2.45) is 5.41 Å². The Labute approximate surface area is 162 Å². The van der Waals surface area contributed by atoms with Crippen LogP contribution in [0.5, 0.6) is 5.75 Å². The average Bonchev–Trinajstić information content (AvgIpc) is 2.92. The Hall–Kier alpha value is -2.30. The van der Waals surface area contributed by atoms with Gasteiger partial charge in [0.15, 0.2) is 0 Å². The number of ether oxygens (including phenoxy) is 1. The summed E-state index contributed by atoms with van der Waals surface area (Å²) in [5.74, 6) is 0.909. The number of amides is 1. The van der Waals surface area contributed by atoms with Crippen LogP contribution in [-0.4, -0.2) is 29.0 Å². The highest BCUT2D eigenvalue weighted by molar-refractivity contribution is 5.97. The Morgan fingerprint density at radius 2 is 1.89 bits per heavy atom. The van der Waals surface area contributed by atoms with Crippen molar-refractivity contribution in [3.05, 3.63) is 30.0 Å². The fourth-order valence-corrected chi connectivity index (χ4v) is 3.18. The number of benzene rings is 1. The molecular weight excluding hydrogens is 340 g/mol. The van der Waals surface area contributed by atoms with Crippen LogP contribution in [0.2, 0.25) is 0 Å². The molecule has 1 N–H and O–H groups in total. The van der Waals surface area contributed by atoms with Crippen molar-refractivity contribution in [1.29, 1.82) is 0 Å². The van der Waals surface area contributed by atoms with Crippen LogP contribution in [0.15, 0.2) is 24.4 Å². The van der Waals surface area contributed by atoms with E-state index in [4.69, 9.17) is 4.74 Å². The Balaban J connectivity index is 2.61. The summed E-state index contributed by atoms with van der Waals surface area (Å²) in [6.07, 6.45) is 2.87. The van der Waals surface area contributed by atoms with Crippen molar-refractivity contribution in [3.63, 3.8) is 0 Å². The van der Waals surface area contributed by atoms with Crippen molar-refractivity contribution in [2.75, 3.05) is 6.54 Å². The molecule has 0 aliphatic heterocycles. The molecule has 0 spiro atoms. The van der Waals surface area contributed by atoms with Gasteiger partial charge in [-0.1, -0.05) is 27.7 Å². The summed E-state index contributed by atoms with van der Waals surface area (Å²) in [5.41, 5.74) is 1.45. The molecule has 1 amide bonds. The predicted molar refractivity (Wildman–Crippen MR) is 109 cm³/mol. The quantitative estimate of drug-likeness (QED) is 0.796. The summed E-state index contributed by atoms with van der Waals surface area (Å²) in [6, 6.07) is 5.87. The zero-order valence-electron chi connectivity index (χ0n) is 17.6. The molecule has 0 fully saturated rings. The van der Waals surface area contributed by atoms with Crippen LogP contribution in [-0.2, 0) is 4.79 Å².